The molecule has 13 heavy (non-hydrogen) atoms. The van der Waals surface area contributed by atoms with Gasteiger partial charge in [-0.05, 0) is 12.2 Å². The second kappa shape index (κ2) is 3.93. The van der Waals surface area contributed by atoms with Gasteiger partial charge in [0, 0.05) is 13.1 Å². The molecular formula is C8H10FNO3. The molecule has 0 spiro atoms. The molecule has 4 nitrogen and oxygen atoms in total. The Labute approximate surface area is 74.7 Å². The quantitative estimate of drug-likeness (QED) is 0.685. The SMILES string of the molecule is CC(F)OC1=CNC(C(=O)O)C=C1. The van der Waals surface area contributed by atoms with E-state index in [4.69, 9.17) is 5.11 Å². The topological polar surface area (TPSA) is 58.6 Å². The minimum atomic E-state index is -1.40. The average Bonchev–Trinajstić information content (AvgIpc) is 2.04. The lowest BCUT2D eigenvalue weighted by Crippen LogP contribution is -2.33. The van der Waals surface area contributed by atoms with Gasteiger partial charge in [0.2, 0.25) is 6.36 Å². The largest absolute Gasteiger partial charge is 0.479 e. The Balaban J connectivity index is 2.50. The standard InChI is InChI=1S/C8H10FNO3/c1-5(9)13-6-2-3-7(8(11)12)10-4-6/h2-5,7,10H,1H3,(H,11,12). The van der Waals surface area contributed by atoms with Gasteiger partial charge in [-0.2, -0.15) is 0 Å². The average molecular weight is 187 g/mol. The number of dihydropyridines is 1. The van der Waals surface area contributed by atoms with E-state index < -0.39 is 18.4 Å². The van der Waals surface area contributed by atoms with E-state index in [1.807, 2.05) is 0 Å². The zero-order valence-electron chi connectivity index (χ0n) is 7.03. The lowest BCUT2D eigenvalue weighted by Gasteiger charge is -2.15. The second-order valence-corrected chi connectivity index (χ2v) is 2.55. The summed E-state index contributed by atoms with van der Waals surface area (Å²) in [7, 11) is 0. The molecule has 2 unspecified atom stereocenters. The van der Waals surface area contributed by atoms with Crippen LogP contribution in [0.4, 0.5) is 4.39 Å². The van der Waals surface area contributed by atoms with Gasteiger partial charge in [-0.25, -0.2) is 9.18 Å². The van der Waals surface area contributed by atoms with E-state index >= 15 is 0 Å². The maximum atomic E-state index is 12.3. The number of halogens is 1. The first kappa shape index (κ1) is 9.57. The number of alkyl halides is 1. The fourth-order valence-electron chi connectivity index (χ4n) is 0.881. The molecule has 1 aliphatic heterocycles. The van der Waals surface area contributed by atoms with Gasteiger partial charge in [0.15, 0.2) is 0 Å². The van der Waals surface area contributed by atoms with Crippen molar-refractivity contribution < 1.29 is 19.0 Å². The smallest absolute Gasteiger partial charge is 0.330 e. The molecule has 1 aliphatic rings. The van der Waals surface area contributed by atoms with E-state index in [1.54, 1.807) is 0 Å². The van der Waals surface area contributed by atoms with E-state index in [0.717, 1.165) is 0 Å². The summed E-state index contributed by atoms with van der Waals surface area (Å²) in [6.07, 6.45) is 2.74. The highest BCUT2D eigenvalue weighted by Gasteiger charge is 2.15. The van der Waals surface area contributed by atoms with Crippen LogP contribution < -0.4 is 5.32 Å². The molecule has 0 bridgehead atoms. The second-order valence-electron chi connectivity index (χ2n) is 2.55. The predicted molar refractivity (Wildman–Crippen MR) is 43.4 cm³/mol. The van der Waals surface area contributed by atoms with Crippen LogP contribution in [0.1, 0.15) is 6.92 Å². The first-order valence-electron chi connectivity index (χ1n) is 3.77. The molecule has 0 aromatic heterocycles. The fourth-order valence-corrected chi connectivity index (χ4v) is 0.881. The van der Waals surface area contributed by atoms with Gasteiger partial charge in [0.05, 0.1) is 0 Å². The van der Waals surface area contributed by atoms with Crippen molar-refractivity contribution in [2.45, 2.75) is 19.3 Å². The molecule has 2 N–H and O–H groups in total. The van der Waals surface area contributed by atoms with Crippen LogP contribution in [0.25, 0.3) is 0 Å². The molecule has 0 aliphatic carbocycles. The number of carboxylic acid groups (broad SMARTS) is 1. The first-order valence-corrected chi connectivity index (χ1v) is 3.77. The van der Waals surface area contributed by atoms with Crippen LogP contribution in [0.15, 0.2) is 24.1 Å². The molecule has 0 amide bonds. The Kier molecular flexibility index (Phi) is 2.89. The van der Waals surface area contributed by atoms with Crippen LogP contribution in [-0.2, 0) is 9.53 Å². The summed E-state index contributed by atoms with van der Waals surface area (Å²) in [6, 6.07) is -0.762. The third-order valence-electron chi connectivity index (χ3n) is 1.42. The molecular weight excluding hydrogens is 177 g/mol. The lowest BCUT2D eigenvalue weighted by atomic mass is 10.2. The molecule has 0 fully saturated rings. The zero-order chi connectivity index (χ0) is 9.84. The Morgan fingerprint density at radius 1 is 1.85 bits per heavy atom. The summed E-state index contributed by atoms with van der Waals surface area (Å²) in [5.74, 6) is -0.702. The number of allylic oxidation sites excluding steroid dienone is 1. The highest BCUT2D eigenvalue weighted by Crippen LogP contribution is 2.09. The monoisotopic (exact) mass is 187 g/mol. The normalized spacial score (nSPS) is 22.9. The fraction of sp³-hybridized carbons (Fsp3) is 0.375. The minimum Gasteiger partial charge on any atom is -0.479 e. The van der Waals surface area contributed by atoms with Crippen LogP contribution in [0.2, 0.25) is 0 Å². The Bertz CT molecular complexity index is 260. The van der Waals surface area contributed by atoms with Gasteiger partial charge < -0.3 is 15.2 Å². The minimum absolute atomic E-state index is 0.285. The maximum Gasteiger partial charge on any atom is 0.330 e. The third kappa shape index (κ3) is 2.77. The van der Waals surface area contributed by atoms with Crippen molar-refractivity contribution in [1.82, 2.24) is 5.32 Å². The number of rotatable bonds is 3. The number of nitrogens with one attached hydrogen (secondary N) is 1. The molecule has 72 valence electrons. The van der Waals surface area contributed by atoms with Crippen molar-refractivity contribution in [3.8, 4) is 0 Å². The van der Waals surface area contributed by atoms with E-state index in [1.165, 1.54) is 25.3 Å². The van der Waals surface area contributed by atoms with E-state index in [-0.39, 0.29) is 5.76 Å². The Morgan fingerprint density at radius 3 is 2.92 bits per heavy atom. The van der Waals surface area contributed by atoms with E-state index in [9.17, 15) is 9.18 Å². The maximum absolute atomic E-state index is 12.3. The number of carboxylic acids is 1. The number of ether oxygens (including phenoxy) is 1. The van der Waals surface area contributed by atoms with Crippen molar-refractivity contribution in [2.75, 3.05) is 0 Å². The molecule has 0 saturated heterocycles. The molecule has 5 heteroatoms. The molecule has 1 rings (SSSR count). The molecule has 0 aromatic rings. The van der Waals surface area contributed by atoms with Gasteiger partial charge in [0.1, 0.15) is 11.8 Å². The van der Waals surface area contributed by atoms with Crippen LogP contribution in [0.3, 0.4) is 0 Å². The number of hydrogen-bond donors (Lipinski definition) is 2. The van der Waals surface area contributed by atoms with Crippen LogP contribution in [-0.4, -0.2) is 23.5 Å². The summed E-state index contributed by atoms with van der Waals surface area (Å²) in [5.41, 5.74) is 0. The van der Waals surface area contributed by atoms with Crippen molar-refractivity contribution in [2.24, 2.45) is 0 Å². The number of hydrogen-bond acceptors (Lipinski definition) is 3. The summed E-state index contributed by atoms with van der Waals surface area (Å²) < 4.78 is 17.0. The highest BCUT2D eigenvalue weighted by atomic mass is 19.1. The molecule has 0 aromatic carbocycles. The number of carbonyl (C=O) groups is 1. The summed E-state index contributed by atoms with van der Waals surface area (Å²) in [6.45, 7) is 1.25. The summed E-state index contributed by atoms with van der Waals surface area (Å²) >= 11 is 0. The van der Waals surface area contributed by atoms with Crippen LogP contribution >= 0.6 is 0 Å². The Hall–Kier alpha value is -1.52. The predicted octanol–water partition coefficient (Wildman–Crippen LogP) is 0.772. The van der Waals surface area contributed by atoms with Crippen molar-refractivity contribution in [3.63, 3.8) is 0 Å². The summed E-state index contributed by atoms with van der Waals surface area (Å²) in [5, 5.41) is 11.1. The van der Waals surface area contributed by atoms with Gasteiger partial charge in [-0.15, -0.1) is 0 Å². The van der Waals surface area contributed by atoms with E-state index in [0.29, 0.717) is 0 Å². The Morgan fingerprint density at radius 2 is 2.54 bits per heavy atom. The molecule has 0 radical (unpaired) electrons. The van der Waals surface area contributed by atoms with Gasteiger partial charge in [-0.1, -0.05) is 0 Å². The van der Waals surface area contributed by atoms with Crippen molar-refractivity contribution in [1.29, 1.82) is 0 Å². The van der Waals surface area contributed by atoms with Crippen molar-refractivity contribution >= 4 is 5.97 Å². The zero-order valence-corrected chi connectivity index (χ0v) is 7.03. The number of aliphatic carboxylic acids is 1. The molecule has 0 saturated carbocycles. The lowest BCUT2D eigenvalue weighted by molar-refractivity contribution is -0.137. The van der Waals surface area contributed by atoms with Gasteiger partial charge >= 0.3 is 5.97 Å². The first-order chi connectivity index (χ1) is 6.09. The van der Waals surface area contributed by atoms with Gasteiger partial charge in [-0.3, -0.25) is 0 Å². The van der Waals surface area contributed by atoms with E-state index in [2.05, 4.69) is 10.1 Å². The highest BCUT2D eigenvalue weighted by molar-refractivity contribution is 5.76. The van der Waals surface area contributed by atoms with Crippen LogP contribution in [0.5, 0.6) is 0 Å². The van der Waals surface area contributed by atoms with Crippen molar-refractivity contribution in [3.05, 3.63) is 24.1 Å². The molecule has 1 heterocycles. The third-order valence-corrected chi connectivity index (χ3v) is 1.42. The van der Waals surface area contributed by atoms with Crippen LogP contribution in [0, 0.1) is 0 Å². The van der Waals surface area contributed by atoms with Gasteiger partial charge in [0.25, 0.3) is 0 Å². The summed E-state index contributed by atoms with van der Waals surface area (Å²) in [4.78, 5) is 10.4. The molecule has 2 atom stereocenters.